The maximum Gasteiger partial charge on any atom is 0.340 e. The molecule has 0 radical (unpaired) electrons. The second kappa shape index (κ2) is 4.77. The number of hydrogen-bond donors (Lipinski definition) is 0. The van der Waals surface area contributed by atoms with E-state index in [1.54, 1.807) is 12.1 Å². The second-order valence-electron chi connectivity index (χ2n) is 4.25. The predicted molar refractivity (Wildman–Crippen MR) is 74.9 cm³/mol. The summed E-state index contributed by atoms with van der Waals surface area (Å²) in [6, 6.07) is 10.9. The summed E-state index contributed by atoms with van der Waals surface area (Å²) in [7, 11) is 2.87. The third kappa shape index (κ3) is 1.93. The second-order valence-corrected chi connectivity index (χ2v) is 4.25. The fourth-order valence-electron chi connectivity index (χ4n) is 2.08. The molecule has 1 aromatic heterocycles. The van der Waals surface area contributed by atoms with Crippen molar-refractivity contribution in [3.8, 4) is 5.75 Å². The van der Waals surface area contributed by atoms with Gasteiger partial charge in [0.1, 0.15) is 11.3 Å². The highest BCUT2D eigenvalue weighted by atomic mass is 16.5. The molecule has 0 aliphatic heterocycles. The van der Waals surface area contributed by atoms with Gasteiger partial charge in [0.15, 0.2) is 0 Å². The van der Waals surface area contributed by atoms with Crippen LogP contribution in [0.2, 0.25) is 0 Å². The van der Waals surface area contributed by atoms with E-state index in [4.69, 9.17) is 9.47 Å². The molecule has 0 N–H and O–H groups in total. The molecule has 5 heteroatoms. The molecule has 3 rings (SSSR count). The van der Waals surface area contributed by atoms with Crippen molar-refractivity contribution in [3.05, 3.63) is 42.0 Å². The molecule has 0 saturated heterocycles. The van der Waals surface area contributed by atoms with Gasteiger partial charge in [0.25, 0.3) is 0 Å². The van der Waals surface area contributed by atoms with Crippen LogP contribution in [0.25, 0.3) is 22.1 Å². The number of rotatable bonds is 2. The molecule has 5 nitrogen and oxygen atoms in total. The topological polar surface area (TPSA) is 61.3 Å². The molecule has 0 aliphatic carbocycles. The molecule has 20 heavy (non-hydrogen) atoms. The number of fused-ring (bicyclic) bond motifs is 2. The molecule has 2 aromatic carbocycles. The Hall–Kier alpha value is -2.69. The van der Waals surface area contributed by atoms with E-state index in [-0.39, 0.29) is 0 Å². The molecule has 0 spiro atoms. The highest BCUT2D eigenvalue weighted by Gasteiger charge is 2.15. The van der Waals surface area contributed by atoms with E-state index >= 15 is 0 Å². The van der Waals surface area contributed by atoms with Gasteiger partial charge < -0.3 is 9.47 Å². The van der Waals surface area contributed by atoms with Crippen LogP contribution in [0, 0.1) is 0 Å². The van der Waals surface area contributed by atoms with Crippen LogP contribution in [0.1, 0.15) is 10.4 Å². The Labute approximate surface area is 115 Å². The number of methoxy groups -OCH3 is 2. The molecule has 0 saturated carbocycles. The van der Waals surface area contributed by atoms with Gasteiger partial charge >= 0.3 is 5.97 Å². The number of para-hydroxylation sites is 2. The highest BCUT2D eigenvalue weighted by molar-refractivity contribution is 6.04. The molecule has 1 heterocycles. The maximum atomic E-state index is 11.9. The van der Waals surface area contributed by atoms with Gasteiger partial charge in [0, 0.05) is 6.07 Å². The Morgan fingerprint density at radius 3 is 2.35 bits per heavy atom. The number of carbonyl (C=O) groups excluding carboxylic acids is 1. The van der Waals surface area contributed by atoms with Crippen molar-refractivity contribution in [2.24, 2.45) is 0 Å². The summed E-state index contributed by atoms with van der Waals surface area (Å²) >= 11 is 0. The molecule has 0 amide bonds. The van der Waals surface area contributed by atoms with Crippen molar-refractivity contribution < 1.29 is 14.3 Å². The van der Waals surface area contributed by atoms with Crippen LogP contribution >= 0.6 is 0 Å². The maximum absolute atomic E-state index is 11.9. The standard InChI is InChI=1S/C15H12N2O3/c1-19-9-7-10(15(18)20-2)14-13(8-9)16-11-5-3-4-6-12(11)17-14/h3-8H,1-2H3. The lowest BCUT2D eigenvalue weighted by Crippen LogP contribution is -2.04. The monoisotopic (exact) mass is 268 g/mol. The van der Waals surface area contributed by atoms with Crippen LogP contribution < -0.4 is 4.74 Å². The molecule has 0 fully saturated rings. The van der Waals surface area contributed by atoms with Gasteiger partial charge in [0.05, 0.1) is 36.3 Å². The van der Waals surface area contributed by atoms with Crippen molar-refractivity contribution in [3.63, 3.8) is 0 Å². The Bertz CT molecular complexity index is 815. The zero-order chi connectivity index (χ0) is 14.1. The first kappa shape index (κ1) is 12.3. The number of ether oxygens (including phenoxy) is 2. The lowest BCUT2D eigenvalue weighted by atomic mass is 10.1. The largest absolute Gasteiger partial charge is 0.497 e. The van der Waals surface area contributed by atoms with Crippen LogP contribution in [0.15, 0.2) is 36.4 Å². The van der Waals surface area contributed by atoms with E-state index in [1.807, 2.05) is 24.3 Å². The number of aromatic nitrogens is 2. The van der Waals surface area contributed by atoms with Crippen molar-refractivity contribution in [1.29, 1.82) is 0 Å². The molecule has 3 aromatic rings. The van der Waals surface area contributed by atoms with Crippen LogP contribution in [-0.4, -0.2) is 30.2 Å². The molecule has 0 unspecified atom stereocenters. The van der Waals surface area contributed by atoms with E-state index in [0.717, 1.165) is 11.0 Å². The fraction of sp³-hybridized carbons (Fsp3) is 0.133. The van der Waals surface area contributed by atoms with Crippen molar-refractivity contribution >= 4 is 28.0 Å². The first-order valence-electron chi connectivity index (χ1n) is 6.06. The summed E-state index contributed by atoms with van der Waals surface area (Å²) < 4.78 is 9.99. The lowest BCUT2D eigenvalue weighted by Gasteiger charge is -2.08. The minimum Gasteiger partial charge on any atom is -0.497 e. The average molecular weight is 268 g/mol. The molecule has 0 atom stereocenters. The number of benzene rings is 2. The van der Waals surface area contributed by atoms with Gasteiger partial charge in [-0.1, -0.05) is 12.1 Å². The van der Waals surface area contributed by atoms with Crippen molar-refractivity contribution in [1.82, 2.24) is 9.97 Å². The van der Waals surface area contributed by atoms with Crippen molar-refractivity contribution in [2.75, 3.05) is 14.2 Å². The minimum atomic E-state index is -0.460. The zero-order valence-electron chi connectivity index (χ0n) is 11.1. The van der Waals surface area contributed by atoms with E-state index in [0.29, 0.717) is 22.3 Å². The normalized spacial score (nSPS) is 10.7. The third-order valence-electron chi connectivity index (χ3n) is 3.06. The summed E-state index contributed by atoms with van der Waals surface area (Å²) in [5.41, 5.74) is 2.96. The summed E-state index contributed by atoms with van der Waals surface area (Å²) in [5.74, 6) is 0.0842. The highest BCUT2D eigenvalue weighted by Crippen LogP contribution is 2.25. The summed E-state index contributed by atoms with van der Waals surface area (Å²) in [4.78, 5) is 20.9. The van der Waals surface area contributed by atoms with Crippen LogP contribution in [0.4, 0.5) is 0 Å². The first-order chi connectivity index (χ1) is 9.72. The van der Waals surface area contributed by atoms with Gasteiger partial charge in [-0.2, -0.15) is 0 Å². The number of carbonyl (C=O) groups is 1. The number of nitrogens with zero attached hydrogens (tertiary/aromatic N) is 2. The fourth-order valence-corrected chi connectivity index (χ4v) is 2.08. The first-order valence-corrected chi connectivity index (χ1v) is 6.06. The van der Waals surface area contributed by atoms with E-state index < -0.39 is 5.97 Å². The smallest absolute Gasteiger partial charge is 0.340 e. The lowest BCUT2D eigenvalue weighted by molar-refractivity contribution is 0.0602. The number of esters is 1. The van der Waals surface area contributed by atoms with Gasteiger partial charge in [-0.05, 0) is 18.2 Å². The van der Waals surface area contributed by atoms with Crippen LogP contribution in [0.5, 0.6) is 5.75 Å². The Morgan fingerprint density at radius 1 is 1.00 bits per heavy atom. The van der Waals surface area contributed by atoms with Crippen molar-refractivity contribution in [2.45, 2.75) is 0 Å². The quantitative estimate of drug-likeness (QED) is 0.528. The summed E-state index contributed by atoms with van der Waals surface area (Å²) in [5, 5.41) is 0. The van der Waals surface area contributed by atoms with Gasteiger partial charge in [0.2, 0.25) is 0 Å². The van der Waals surface area contributed by atoms with Gasteiger partial charge in [-0.3, -0.25) is 0 Å². The van der Waals surface area contributed by atoms with Crippen LogP contribution in [-0.2, 0) is 4.74 Å². The molecule has 0 aliphatic rings. The Kier molecular flexibility index (Phi) is 2.95. The van der Waals surface area contributed by atoms with E-state index in [2.05, 4.69) is 9.97 Å². The minimum absolute atomic E-state index is 0.347. The SMILES string of the molecule is COC(=O)c1cc(OC)cc2nc3ccccc3nc12. The van der Waals surface area contributed by atoms with E-state index in [9.17, 15) is 4.79 Å². The Morgan fingerprint density at radius 2 is 1.70 bits per heavy atom. The average Bonchev–Trinajstić information content (AvgIpc) is 2.51. The summed E-state index contributed by atoms with van der Waals surface area (Å²) in [6.07, 6.45) is 0. The van der Waals surface area contributed by atoms with E-state index in [1.165, 1.54) is 14.2 Å². The zero-order valence-corrected chi connectivity index (χ0v) is 11.1. The van der Waals surface area contributed by atoms with Gasteiger partial charge in [-0.25, -0.2) is 14.8 Å². The predicted octanol–water partition coefficient (Wildman–Crippen LogP) is 2.58. The third-order valence-corrected chi connectivity index (χ3v) is 3.06. The van der Waals surface area contributed by atoms with Gasteiger partial charge in [-0.15, -0.1) is 0 Å². The van der Waals surface area contributed by atoms with Crippen LogP contribution in [0.3, 0.4) is 0 Å². The number of hydrogen-bond acceptors (Lipinski definition) is 5. The summed E-state index contributed by atoms with van der Waals surface area (Å²) in [6.45, 7) is 0. The molecule has 100 valence electrons. The molecule has 0 bridgehead atoms. The molecular weight excluding hydrogens is 256 g/mol. The Balaban J connectivity index is 2.40. The molecular formula is C15H12N2O3.